The molecule has 0 bridgehead atoms. The van der Waals surface area contributed by atoms with Crippen LogP contribution in [-0.4, -0.2) is 17.5 Å². The number of aromatic amines is 1. The van der Waals surface area contributed by atoms with Crippen LogP contribution in [0.15, 0.2) is 47.5 Å². The summed E-state index contributed by atoms with van der Waals surface area (Å²) in [5.41, 5.74) is 0.750. The highest BCUT2D eigenvalue weighted by Gasteiger charge is 2.13. The molecule has 5 nitrogen and oxygen atoms in total. The van der Waals surface area contributed by atoms with Crippen LogP contribution in [0, 0.1) is 0 Å². The van der Waals surface area contributed by atoms with Crippen LogP contribution < -0.4 is 15.5 Å². The molecule has 0 fully saturated rings. The molecule has 0 aliphatic heterocycles. The van der Waals surface area contributed by atoms with Crippen LogP contribution >= 0.6 is 0 Å². The number of pyridine rings is 1. The van der Waals surface area contributed by atoms with Crippen molar-refractivity contribution >= 4 is 5.91 Å². The lowest BCUT2D eigenvalue weighted by Gasteiger charge is -2.14. The van der Waals surface area contributed by atoms with Crippen molar-refractivity contribution in [1.82, 2.24) is 10.3 Å². The lowest BCUT2D eigenvalue weighted by atomic mass is 10.1. The molecule has 1 aromatic carbocycles. The first-order valence-corrected chi connectivity index (χ1v) is 6.82. The smallest absolute Gasteiger partial charge is 0.257 e. The summed E-state index contributed by atoms with van der Waals surface area (Å²) in [6.45, 7) is 4.40. The number of hydrogen-bond donors (Lipinski definition) is 2. The van der Waals surface area contributed by atoms with Gasteiger partial charge in [-0.15, -0.1) is 0 Å². The van der Waals surface area contributed by atoms with Crippen molar-refractivity contribution in [3.8, 4) is 5.75 Å². The molecule has 1 aromatic heterocycles. The number of hydrogen-bond acceptors (Lipinski definition) is 3. The van der Waals surface area contributed by atoms with Crippen LogP contribution in [0.2, 0.25) is 0 Å². The van der Waals surface area contributed by atoms with E-state index in [2.05, 4.69) is 10.3 Å². The predicted molar refractivity (Wildman–Crippen MR) is 80.6 cm³/mol. The number of carbonyl (C=O) groups is 1. The molecule has 0 saturated carbocycles. The fraction of sp³-hybridized carbons (Fsp3) is 0.250. The number of H-pyrrole nitrogens is 1. The maximum atomic E-state index is 12.1. The molecule has 1 unspecified atom stereocenters. The third-order valence-corrected chi connectivity index (χ3v) is 3.11. The summed E-state index contributed by atoms with van der Waals surface area (Å²) < 4.78 is 5.37. The number of carbonyl (C=O) groups excluding carboxylic acids is 1. The van der Waals surface area contributed by atoms with E-state index < -0.39 is 5.91 Å². The molecule has 0 spiro atoms. The van der Waals surface area contributed by atoms with Crippen LogP contribution in [0.5, 0.6) is 5.75 Å². The standard InChI is InChI=1S/C16H18N2O3/c1-3-21-13-6-4-12(5-7-13)11(2)18-16(20)14-10-17-9-8-15(14)19/h4-11H,3H2,1-2H3,(H,17,19)(H,18,20). The molecule has 0 radical (unpaired) electrons. The third-order valence-electron chi connectivity index (χ3n) is 3.11. The Kier molecular flexibility index (Phi) is 4.77. The predicted octanol–water partition coefficient (Wildman–Crippen LogP) is 2.26. The van der Waals surface area contributed by atoms with Gasteiger partial charge in [0.1, 0.15) is 11.3 Å². The van der Waals surface area contributed by atoms with Crippen molar-refractivity contribution in [1.29, 1.82) is 0 Å². The molecule has 0 saturated heterocycles. The van der Waals surface area contributed by atoms with E-state index in [9.17, 15) is 9.59 Å². The fourth-order valence-electron chi connectivity index (χ4n) is 1.97. The molecule has 5 heteroatoms. The monoisotopic (exact) mass is 286 g/mol. The number of benzene rings is 1. The molecule has 1 heterocycles. The lowest BCUT2D eigenvalue weighted by molar-refractivity contribution is 0.0938. The maximum absolute atomic E-state index is 12.1. The van der Waals surface area contributed by atoms with Gasteiger partial charge in [-0.05, 0) is 31.5 Å². The Balaban J connectivity index is 2.07. The van der Waals surface area contributed by atoms with Crippen molar-refractivity contribution < 1.29 is 9.53 Å². The molecule has 2 rings (SSSR count). The van der Waals surface area contributed by atoms with Crippen LogP contribution in [0.4, 0.5) is 0 Å². The highest BCUT2D eigenvalue weighted by Crippen LogP contribution is 2.17. The highest BCUT2D eigenvalue weighted by molar-refractivity contribution is 5.93. The number of aromatic nitrogens is 1. The Morgan fingerprint density at radius 2 is 2.00 bits per heavy atom. The summed E-state index contributed by atoms with van der Waals surface area (Å²) >= 11 is 0. The van der Waals surface area contributed by atoms with Crippen LogP contribution in [0.3, 0.4) is 0 Å². The number of rotatable bonds is 5. The molecular formula is C16H18N2O3. The van der Waals surface area contributed by atoms with Crippen LogP contribution in [0.25, 0.3) is 0 Å². The Hall–Kier alpha value is -2.56. The van der Waals surface area contributed by atoms with Crippen molar-refractivity contribution in [2.75, 3.05) is 6.61 Å². The minimum Gasteiger partial charge on any atom is -0.494 e. The van der Waals surface area contributed by atoms with E-state index in [4.69, 9.17) is 4.74 Å². The van der Waals surface area contributed by atoms with Gasteiger partial charge in [-0.3, -0.25) is 9.59 Å². The molecule has 110 valence electrons. The summed E-state index contributed by atoms with van der Waals surface area (Å²) in [4.78, 5) is 26.4. The van der Waals surface area contributed by atoms with Crippen molar-refractivity contribution in [3.63, 3.8) is 0 Å². The van der Waals surface area contributed by atoms with Crippen LogP contribution in [-0.2, 0) is 0 Å². The first kappa shape index (κ1) is 14.8. The van der Waals surface area contributed by atoms with E-state index >= 15 is 0 Å². The van der Waals surface area contributed by atoms with Gasteiger partial charge in [-0.2, -0.15) is 0 Å². The zero-order valence-corrected chi connectivity index (χ0v) is 12.1. The molecule has 0 aliphatic rings. The molecule has 21 heavy (non-hydrogen) atoms. The molecule has 0 aliphatic carbocycles. The molecule has 2 N–H and O–H groups in total. The largest absolute Gasteiger partial charge is 0.494 e. The minimum atomic E-state index is -0.391. The van der Waals surface area contributed by atoms with E-state index in [-0.39, 0.29) is 17.0 Å². The van der Waals surface area contributed by atoms with Crippen LogP contribution in [0.1, 0.15) is 35.8 Å². The van der Waals surface area contributed by atoms with Gasteiger partial charge < -0.3 is 15.0 Å². The van der Waals surface area contributed by atoms with Gasteiger partial charge in [-0.25, -0.2) is 0 Å². The Morgan fingerprint density at radius 1 is 1.29 bits per heavy atom. The SMILES string of the molecule is CCOc1ccc(C(C)NC(=O)c2c[nH]ccc2=O)cc1. The zero-order chi connectivity index (χ0) is 15.2. The van der Waals surface area contributed by atoms with Crippen molar-refractivity contribution in [3.05, 3.63) is 64.1 Å². The second-order valence-electron chi connectivity index (χ2n) is 4.62. The molecule has 1 amide bonds. The fourth-order valence-corrected chi connectivity index (χ4v) is 1.97. The van der Waals surface area contributed by atoms with Gasteiger partial charge in [0.05, 0.1) is 12.6 Å². The molecule has 1 atom stereocenters. The summed E-state index contributed by atoms with van der Waals surface area (Å²) in [5, 5.41) is 2.81. The quantitative estimate of drug-likeness (QED) is 0.885. The Morgan fingerprint density at radius 3 is 2.62 bits per heavy atom. The van der Waals surface area contributed by atoms with Gasteiger partial charge in [0.15, 0.2) is 5.43 Å². The zero-order valence-electron chi connectivity index (χ0n) is 12.1. The maximum Gasteiger partial charge on any atom is 0.257 e. The first-order valence-electron chi connectivity index (χ1n) is 6.82. The normalized spacial score (nSPS) is 11.7. The van der Waals surface area contributed by atoms with Gasteiger partial charge in [0, 0.05) is 18.5 Å². The van der Waals surface area contributed by atoms with E-state index in [1.54, 1.807) is 0 Å². The number of nitrogens with one attached hydrogen (secondary N) is 2. The minimum absolute atomic E-state index is 0.107. The van der Waals surface area contributed by atoms with Gasteiger partial charge >= 0.3 is 0 Å². The molecular weight excluding hydrogens is 268 g/mol. The second kappa shape index (κ2) is 6.74. The van der Waals surface area contributed by atoms with E-state index in [0.717, 1.165) is 11.3 Å². The summed E-state index contributed by atoms with van der Waals surface area (Å²) in [6.07, 6.45) is 2.90. The van der Waals surface area contributed by atoms with E-state index in [0.29, 0.717) is 6.61 Å². The lowest BCUT2D eigenvalue weighted by Crippen LogP contribution is -2.30. The van der Waals surface area contributed by atoms with Crippen molar-refractivity contribution in [2.45, 2.75) is 19.9 Å². The van der Waals surface area contributed by atoms with Crippen molar-refractivity contribution in [2.24, 2.45) is 0 Å². The average molecular weight is 286 g/mol. The summed E-state index contributed by atoms with van der Waals surface area (Å²) in [5.74, 6) is 0.400. The molecule has 2 aromatic rings. The van der Waals surface area contributed by atoms with Gasteiger partial charge in [0.25, 0.3) is 5.91 Å². The number of ether oxygens (including phenoxy) is 1. The Bertz CT molecular complexity index is 662. The first-order chi connectivity index (χ1) is 10.1. The van der Waals surface area contributed by atoms with Gasteiger partial charge in [-0.1, -0.05) is 12.1 Å². The van der Waals surface area contributed by atoms with Gasteiger partial charge in [0.2, 0.25) is 0 Å². The second-order valence-corrected chi connectivity index (χ2v) is 4.62. The average Bonchev–Trinajstić information content (AvgIpc) is 2.48. The third kappa shape index (κ3) is 3.72. The van der Waals surface area contributed by atoms with E-state index in [1.165, 1.54) is 18.5 Å². The number of amides is 1. The summed E-state index contributed by atoms with van der Waals surface area (Å²) in [7, 11) is 0. The summed E-state index contributed by atoms with van der Waals surface area (Å²) in [6, 6.07) is 8.63. The highest BCUT2D eigenvalue weighted by atomic mass is 16.5. The topological polar surface area (TPSA) is 71.2 Å². The van der Waals surface area contributed by atoms with E-state index in [1.807, 2.05) is 38.1 Å². The Labute approximate surface area is 123 Å².